The van der Waals surface area contributed by atoms with Crippen molar-refractivity contribution in [3.8, 4) is 0 Å². The van der Waals surface area contributed by atoms with Gasteiger partial charge in [-0.05, 0) is 49.7 Å². The Labute approximate surface area is 169 Å². The molecule has 0 atom stereocenters. The van der Waals surface area contributed by atoms with Gasteiger partial charge in [0, 0.05) is 11.9 Å². The fraction of sp³-hybridized carbons (Fsp3) is 0.273. The lowest BCUT2D eigenvalue weighted by molar-refractivity contribution is -0.114. The Kier molecular flexibility index (Phi) is 5.48. The smallest absolute Gasteiger partial charge is 0.306 e. The number of piperidine rings is 1. The SMILES string of the molecule is O=C(N=Cc1ccccc1)Nc1ccc2c(c1)C(=O)C(=O)N2CN1CCCCC1. The summed E-state index contributed by atoms with van der Waals surface area (Å²) in [5, 5.41) is 2.64. The van der Waals surface area contributed by atoms with Crippen LogP contribution in [0.15, 0.2) is 53.5 Å². The molecule has 3 amide bonds. The van der Waals surface area contributed by atoms with Gasteiger partial charge in [-0.1, -0.05) is 36.8 Å². The van der Waals surface area contributed by atoms with Gasteiger partial charge < -0.3 is 5.32 Å². The standard InChI is InChI=1S/C22H22N4O3/c27-20-18-13-17(24-22(29)23-14-16-7-3-1-4-8-16)9-10-19(18)26(21(20)28)15-25-11-5-2-6-12-25/h1,3-4,7-10,13-14H,2,5-6,11-12,15H2,(H,24,29). The van der Waals surface area contributed by atoms with Crippen LogP contribution in [-0.2, 0) is 4.79 Å². The second-order valence-electron chi connectivity index (χ2n) is 7.21. The van der Waals surface area contributed by atoms with Crippen LogP contribution >= 0.6 is 0 Å². The highest BCUT2D eigenvalue weighted by molar-refractivity contribution is 6.52. The third-order valence-corrected chi connectivity index (χ3v) is 5.14. The molecule has 2 aromatic rings. The lowest BCUT2D eigenvalue weighted by atomic mass is 10.1. The summed E-state index contributed by atoms with van der Waals surface area (Å²) >= 11 is 0. The molecule has 29 heavy (non-hydrogen) atoms. The molecule has 0 spiro atoms. The third-order valence-electron chi connectivity index (χ3n) is 5.14. The van der Waals surface area contributed by atoms with Crippen molar-refractivity contribution < 1.29 is 14.4 Å². The average Bonchev–Trinajstić information content (AvgIpc) is 2.98. The first-order chi connectivity index (χ1) is 14.1. The van der Waals surface area contributed by atoms with E-state index in [4.69, 9.17) is 0 Å². The van der Waals surface area contributed by atoms with Gasteiger partial charge in [0.15, 0.2) is 0 Å². The highest BCUT2D eigenvalue weighted by atomic mass is 16.2. The maximum Gasteiger partial charge on any atom is 0.345 e. The number of anilines is 2. The van der Waals surface area contributed by atoms with E-state index >= 15 is 0 Å². The molecule has 0 saturated carbocycles. The molecule has 148 valence electrons. The number of likely N-dealkylation sites (tertiary alicyclic amines) is 1. The zero-order valence-electron chi connectivity index (χ0n) is 16.0. The molecule has 7 heteroatoms. The van der Waals surface area contributed by atoms with E-state index in [2.05, 4.69) is 15.2 Å². The number of rotatable bonds is 4. The van der Waals surface area contributed by atoms with E-state index in [1.165, 1.54) is 17.5 Å². The number of carbonyl (C=O) groups is 3. The monoisotopic (exact) mass is 390 g/mol. The number of ketones is 1. The fourth-order valence-electron chi connectivity index (χ4n) is 3.65. The van der Waals surface area contributed by atoms with Crippen LogP contribution < -0.4 is 10.2 Å². The third kappa shape index (κ3) is 4.25. The molecule has 0 aliphatic carbocycles. The number of fused-ring (bicyclic) bond motifs is 1. The summed E-state index contributed by atoms with van der Waals surface area (Å²) in [6, 6.07) is 13.7. The molecule has 1 N–H and O–H groups in total. The number of urea groups is 1. The van der Waals surface area contributed by atoms with Crippen LogP contribution in [0.4, 0.5) is 16.2 Å². The minimum atomic E-state index is -0.546. The van der Waals surface area contributed by atoms with Gasteiger partial charge in [0.25, 0.3) is 5.78 Å². The maximum atomic E-state index is 12.5. The van der Waals surface area contributed by atoms with E-state index in [9.17, 15) is 14.4 Å². The zero-order valence-corrected chi connectivity index (χ0v) is 16.0. The summed E-state index contributed by atoms with van der Waals surface area (Å²) in [6.45, 7) is 2.28. The van der Waals surface area contributed by atoms with Gasteiger partial charge >= 0.3 is 11.9 Å². The largest absolute Gasteiger partial charge is 0.345 e. The van der Waals surface area contributed by atoms with Crippen molar-refractivity contribution in [2.24, 2.45) is 4.99 Å². The van der Waals surface area contributed by atoms with Gasteiger partial charge in [-0.2, -0.15) is 0 Å². The fourth-order valence-corrected chi connectivity index (χ4v) is 3.65. The number of aliphatic imine (C=N–C) groups is 1. The maximum absolute atomic E-state index is 12.5. The van der Waals surface area contributed by atoms with E-state index in [-0.39, 0.29) is 0 Å². The summed E-state index contributed by atoms with van der Waals surface area (Å²) in [5.41, 5.74) is 2.15. The number of Topliss-reactive ketones (excluding diaryl/α,β-unsaturated/α-hetero) is 1. The highest BCUT2D eigenvalue weighted by Gasteiger charge is 2.37. The van der Waals surface area contributed by atoms with E-state index in [0.29, 0.717) is 23.6 Å². The number of hydrogen-bond donors (Lipinski definition) is 1. The molecule has 4 rings (SSSR count). The predicted octanol–water partition coefficient (Wildman–Crippen LogP) is 3.31. The van der Waals surface area contributed by atoms with Crippen LogP contribution in [0.1, 0.15) is 35.2 Å². The number of hydrogen-bond acceptors (Lipinski definition) is 4. The predicted molar refractivity (Wildman–Crippen MR) is 112 cm³/mol. The number of amides is 3. The van der Waals surface area contributed by atoms with Crippen LogP contribution in [0.25, 0.3) is 0 Å². The Morgan fingerprint density at radius 2 is 1.79 bits per heavy atom. The van der Waals surface area contributed by atoms with Gasteiger partial charge in [0.2, 0.25) is 0 Å². The van der Waals surface area contributed by atoms with Gasteiger partial charge in [0.05, 0.1) is 17.9 Å². The molecule has 2 heterocycles. The number of nitrogens with zero attached hydrogens (tertiary/aromatic N) is 3. The van der Waals surface area contributed by atoms with Crippen molar-refractivity contribution in [2.75, 3.05) is 30.0 Å². The van der Waals surface area contributed by atoms with Crippen molar-refractivity contribution in [3.63, 3.8) is 0 Å². The molecule has 2 aliphatic heterocycles. The summed E-state index contributed by atoms with van der Waals surface area (Å²) in [4.78, 5) is 44.6. The minimum Gasteiger partial charge on any atom is -0.306 e. The molecule has 2 aromatic carbocycles. The lowest BCUT2D eigenvalue weighted by Crippen LogP contribution is -2.43. The molecule has 2 aliphatic rings. The molecule has 0 bridgehead atoms. The number of nitrogens with one attached hydrogen (secondary N) is 1. The molecule has 0 radical (unpaired) electrons. The molecule has 1 fully saturated rings. The van der Waals surface area contributed by atoms with Crippen LogP contribution in [0, 0.1) is 0 Å². The van der Waals surface area contributed by atoms with Crippen LogP contribution in [-0.4, -0.2) is 48.6 Å². The zero-order chi connectivity index (χ0) is 20.2. The van der Waals surface area contributed by atoms with Crippen molar-refractivity contribution in [3.05, 3.63) is 59.7 Å². The van der Waals surface area contributed by atoms with Crippen LogP contribution in [0.2, 0.25) is 0 Å². The quantitative estimate of drug-likeness (QED) is 0.641. The molecule has 0 unspecified atom stereocenters. The Morgan fingerprint density at radius 3 is 2.55 bits per heavy atom. The Morgan fingerprint density at radius 1 is 1.03 bits per heavy atom. The summed E-state index contributed by atoms with van der Waals surface area (Å²) in [5.74, 6) is -1.06. The minimum absolute atomic E-state index is 0.317. The Balaban J connectivity index is 1.46. The van der Waals surface area contributed by atoms with E-state index in [1.54, 1.807) is 18.2 Å². The first-order valence-electron chi connectivity index (χ1n) is 9.74. The summed E-state index contributed by atoms with van der Waals surface area (Å²) < 4.78 is 0. The molecule has 0 aromatic heterocycles. The number of carbonyl (C=O) groups excluding carboxylic acids is 3. The first kappa shape index (κ1) is 19.0. The number of benzene rings is 2. The van der Waals surface area contributed by atoms with E-state index < -0.39 is 17.7 Å². The van der Waals surface area contributed by atoms with E-state index in [1.807, 2.05) is 30.3 Å². The summed E-state index contributed by atoms with van der Waals surface area (Å²) in [6.07, 6.45) is 4.89. The van der Waals surface area contributed by atoms with Crippen molar-refractivity contribution in [1.82, 2.24) is 4.90 Å². The lowest BCUT2D eigenvalue weighted by Gasteiger charge is -2.30. The molecule has 7 nitrogen and oxygen atoms in total. The summed E-state index contributed by atoms with van der Waals surface area (Å²) in [7, 11) is 0. The molecule has 1 saturated heterocycles. The van der Waals surface area contributed by atoms with Crippen LogP contribution in [0.5, 0.6) is 0 Å². The van der Waals surface area contributed by atoms with E-state index in [0.717, 1.165) is 31.5 Å². The van der Waals surface area contributed by atoms with Gasteiger partial charge in [-0.15, -0.1) is 0 Å². The Hall–Kier alpha value is -3.32. The van der Waals surface area contributed by atoms with Crippen molar-refractivity contribution >= 4 is 35.3 Å². The van der Waals surface area contributed by atoms with Gasteiger partial charge in [-0.3, -0.25) is 19.4 Å². The second-order valence-corrected chi connectivity index (χ2v) is 7.21. The molecular weight excluding hydrogens is 368 g/mol. The topological polar surface area (TPSA) is 82.1 Å². The highest BCUT2D eigenvalue weighted by Crippen LogP contribution is 2.31. The first-order valence-corrected chi connectivity index (χ1v) is 9.74. The molecular formula is C22H22N4O3. The Bertz CT molecular complexity index is 965. The van der Waals surface area contributed by atoms with Gasteiger partial charge in [-0.25, -0.2) is 9.79 Å². The average molecular weight is 390 g/mol. The van der Waals surface area contributed by atoms with Crippen molar-refractivity contribution in [1.29, 1.82) is 0 Å². The second kappa shape index (κ2) is 8.36. The normalized spacial score (nSPS) is 17.0. The van der Waals surface area contributed by atoms with Crippen molar-refractivity contribution in [2.45, 2.75) is 19.3 Å². The van der Waals surface area contributed by atoms with Gasteiger partial charge in [0.1, 0.15) is 0 Å². The van der Waals surface area contributed by atoms with Crippen LogP contribution in [0.3, 0.4) is 0 Å².